The van der Waals surface area contributed by atoms with Crippen molar-refractivity contribution in [3.63, 3.8) is 0 Å². The lowest BCUT2D eigenvalue weighted by Gasteiger charge is -2.27. The Morgan fingerprint density at radius 1 is 1.05 bits per heavy atom. The fourth-order valence-electron chi connectivity index (χ4n) is 3.22. The van der Waals surface area contributed by atoms with Gasteiger partial charge < -0.3 is 15.5 Å². The van der Waals surface area contributed by atoms with Crippen LogP contribution in [-0.4, -0.2) is 31.1 Å². The molecule has 0 spiro atoms. The first kappa shape index (κ1) is 13.3. The third-order valence-electron chi connectivity index (χ3n) is 4.37. The molecule has 0 unspecified atom stereocenters. The molecule has 2 N–H and O–H groups in total. The Balaban J connectivity index is 2.01. The summed E-state index contributed by atoms with van der Waals surface area (Å²) in [7, 11) is 0. The van der Waals surface area contributed by atoms with E-state index in [1.807, 2.05) is 6.07 Å². The molecule has 2 aliphatic rings. The number of nitrogens with zero attached hydrogens (tertiary/aromatic N) is 2. The molecule has 0 saturated carbocycles. The van der Waals surface area contributed by atoms with Gasteiger partial charge in [-0.15, -0.1) is 0 Å². The van der Waals surface area contributed by atoms with E-state index < -0.39 is 0 Å². The minimum absolute atomic E-state index is 0.211. The number of nitrogen functional groups attached to an aromatic ring is 1. The van der Waals surface area contributed by atoms with Crippen molar-refractivity contribution in [2.24, 2.45) is 0 Å². The molecule has 20 heavy (non-hydrogen) atoms. The van der Waals surface area contributed by atoms with Crippen molar-refractivity contribution in [1.29, 1.82) is 0 Å². The summed E-state index contributed by atoms with van der Waals surface area (Å²) < 4.78 is 14.6. The van der Waals surface area contributed by atoms with Crippen molar-refractivity contribution < 1.29 is 4.39 Å². The predicted molar refractivity (Wildman–Crippen MR) is 82.1 cm³/mol. The smallest absolute Gasteiger partial charge is 0.157 e. The number of rotatable bonds is 3. The predicted octanol–water partition coefficient (Wildman–Crippen LogP) is 3.07. The second-order valence-electron chi connectivity index (χ2n) is 5.70. The van der Waals surface area contributed by atoms with Crippen molar-refractivity contribution in [1.82, 2.24) is 4.90 Å². The monoisotopic (exact) mass is 275 g/mol. The molecule has 1 aromatic rings. The molecule has 1 aromatic carbocycles. The third kappa shape index (κ3) is 2.23. The first-order valence-corrected chi connectivity index (χ1v) is 7.45. The molecule has 0 aromatic heterocycles. The van der Waals surface area contributed by atoms with Gasteiger partial charge in [0.25, 0.3) is 0 Å². The van der Waals surface area contributed by atoms with Gasteiger partial charge in [-0.1, -0.05) is 6.58 Å². The van der Waals surface area contributed by atoms with Crippen LogP contribution in [0.25, 0.3) is 5.70 Å². The largest absolute Gasteiger partial charge is 0.396 e. The Morgan fingerprint density at radius 3 is 2.30 bits per heavy atom. The van der Waals surface area contributed by atoms with Crippen molar-refractivity contribution >= 4 is 17.1 Å². The summed E-state index contributed by atoms with van der Waals surface area (Å²) in [6, 6.07) is 3.62. The summed E-state index contributed by atoms with van der Waals surface area (Å²) in [5.74, 6) is -0.314. The van der Waals surface area contributed by atoms with Crippen LogP contribution in [-0.2, 0) is 0 Å². The molecule has 0 radical (unpaired) electrons. The summed E-state index contributed by atoms with van der Waals surface area (Å²) in [6.45, 7) is 8.05. The zero-order valence-corrected chi connectivity index (χ0v) is 11.9. The van der Waals surface area contributed by atoms with Crippen LogP contribution in [0.15, 0.2) is 18.7 Å². The van der Waals surface area contributed by atoms with E-state index >= 15 is 0 Å². The van der Waals surface area contributed by atoms with Gasteiger partial charge in [0.05, 0.1) is 11.3 Å². The minimum atomic E-state index is -0.314. The molecule has 2 aliphatic heterocycles. The summed E-state index contributed by atoms with van der Waals surface area (Å²) in [4.78, 5) is 4.43. The number of nitrogens with two attached hydrogens (primary N) is 1. The normalized spacial score (nSPS) is 18.9. The van der Waals surface area contributed by atoms with Crippen molar-refractivity contribution in [3.8, 4) is 0 Å². The zero-order valence-electron chi connectivity index (χ0n) is 11.9. The van der Waals surface area contributed by atoms with E-state index in [-0.39, 0.29) is 11.5 Å². The molecule has 2 fully saturated rings. The van der Waals surface area contributed by atoms with Crippen LogP contribution < -0.4 is 10.6 Å². The second kappa shape index (κ2) is 5.35. The molecule has 0 amide bonds. The van der Waals surface area contributed by atoms with Gasteiger partial charge in [-0.3, -0.25) is 0 Å². The van der Waals surface area contributed by atoms with Gasteiger partial charge in [-0.05, 0) is 37.8 Å². The number of halogens is 1. The van der Waals surface area contributed by atoms with E-state index in [0.717, 1.165) is 50.4 Å². The minimum Gasteiger partial charge on any atom is -0.396 e. The number of likely N-dealkylation sites (tertiary alicyclic amines) is 1. The van der Waals surface area contributed by atoms with E-state index in [2.05, 4.69) is 16.4 Å². The van der Waals surface area contributed by atoms with E-state index in [9.17, 15) is 4.39 Å². The van der Waals surface area contributed by atoms with Gasteiger partial charge in [-0.25, -0.2) is 4.39 Å². The molecule has 108 valence electrons. The maximum Gasteiger partial charge on any atom is 0.157 e. The maximum atomic E-state index is 14.6. The number of benzene rings is 1. The van der Waals surface area contributed by atoms with Crippen LogP contribution >= 0.6 is 0 Å². The Hall–Kier alpha value is -1.71. The van der Waals surface area contributed by atoms with Gasteiger partial charge in [0.1, 0.15) is 0 Å². The molecule has 0 atom stereocenters. The number of hydrogen-bond acceptors (Lipinski definition) is 3. The molecule has 2 saturated heterocycles. The van der Waals surface area contributed by atoms with Crippen LogP contribution in [0.5, 0.6) is 0 Å². The average molecular weight is 275 g/mol. The summed E-state index contributed by atoms with van der Waals surface area (Å²) in [5.41, 5.74) is 8.32. The third-order valence-corrected chi connectivity index (χ3v) is 4.37. The van der Waals surface area contributed by atoms with E-state index in [0.29, 0.717) is 5.56 Å². The highest BCUT2D eigenvalue weighted by Crippen LogP contribution is 2.36. The Kier molecular flexibility index (Phi) is 3.55. The van der Waals surface area contributed by atoms with Crippen LogP contribution in [0, 0.1) is 5.82 Å². The van der Waals surface area contributed by atoms with Crippen LogP contribution in [0.2, 0.25) is 0 Å². The van der Waals surface area contributed by atoms with E-state index in [1.54, 1.807) is 6.07 Å². The molecular formula is C16H22FN3. The molecule has 3 rings (SSSR count). The van der Waals surface area contributed by atoms with Gasteiger partial charge in [0, 0.05) is 37.6 Å². The maximum absolute atomic E-state index is 14.6. The lowest BCUT2D eigenvalue weighted by atomic mass is 10.1. The molecule has 2 heterocycles. The fourth-order valence-corrected chi connectivity index (χ4v) is 3.22. The molecule has 0 bridgehead atoms. The molecular weight excluding hydrogens is 253 g/mol. The number of anilines is 2. The van der Waals surface area contributed by atoms with Gasteiger partial charge >= 0.3 is 0 Å². The molecule has 0 aliphatic carbocycles. The van der Waals surface area contributed by atoms with Crippen LogP contribution in [0.4, 0.5) is 15.8 Å². The highest BCUT2D eigenvalue weighted by Gasteiger charge is 2.25. The van der Waals surface area contributed by atoms with Crippen LogP contribution in [0.3, 0.4) is 0 Å². The first-order chi connectivity index (χ1) is 9.68. The summed E-state index contributed by atoms with van der Waals surface area (Å²) in [5, 5.41) is 0. The average Bonchev–Trinajstić information content (AvgIpc) is 3.13. The number of hydrogen-bond donors (Lipinski definition) is 1. The Morgan fingerprint density at radius 2 is 1.65 bits per heavy atom. The quantitative estimate of drug-likeness (QED) is 0.860. The lowest BCUT2D eigenvalue weighted by molar-refractivity contribution is 0.489. The molecule has 4 heteroatoms. The molecule has 3 nitrogen and oxygen atoms in total. The van der Waals surface area contributed by atoms with Gasteiger partial charge in [0.2, 0.25) is 0 Å². The fraction of sp³-hybridized carbons (Fsp3) is 0.500. The van der Waals surface area contributed by atoms with Gasteiger partial charge in [0.15, 0.2) is 5.82 Å². The van der Waals surface area contributed by atoms with Gasteiger partial charge in [-0.2, -0.15) is 0 Å². The first-order valence-electron chi connectivity index (χ1n) is 7.45. The Bertz CT molecular complexity index is 515. The highest BCUT2D eigenvalue weighted by atomic mass is 19.1. The zero-order chi connectivity index (χ0) is 14.1. The van der Waals surface area contributed by atoms with Crippen LogP contribution in [0.1, 0.15) is 31.2 Å². The van der Waals surface area contributed by atoms with Crippen molar-refractivity contribution in [3.05, 3.63) is 30.1 Å². The summed E-state index contributed by atoms with van der Waals surface area (Å²) in [6.07, 6.45) is 4.65. The van der Waals surface area contributed by atoms with Crippen molar-refractivity contribution in [2.45, 2.75) is 25.7 Å². The topological polar surface area (TPSA) is 32.5 Å². The van der Waals surface area contributed by atoms with E-state index in [1.165, 1.54) is 12.8 Å². The summed E-state index contributed by atoms with van der Waals surface area (Å²) >= 11 is 0. The SMILES string of the molecule is C=C(c1c(N2CCCC2)ccc(N)c1F)N1CCCC1. The second-order valence-corrected chi connectivity index (χ2v) is 5.70. The van der Waals surface area contributed by atoms with Crippen molar-refractivity contribution in [2.75, 3.05) is 36.8 Å². The Labute approximate surface area is 119 Å². The van der Waals surface area contributed by atoms with E-state index in [4.69, 9.17) is 5.73 Å². The highest BCUT2D eigenvalue weighted by molar-refractivity contribution is 5.78. The standard InChI is InChI=1S/C16H22FN3/c1-12(19-8-2-3-9-19)15-14(20-10-4-5-11-20)7-6-13(18)16(15)17/h6-7H,1-5,8-11,18H2. The lowest BCUT2D eigenvalue weighted by Crippen LogP contribution is -2.23.